The zero-order valence-corrected chi connectivity index (χ0v) is 8.66. The van der Waals surface area contributed by atoms with E-state index in [1.54, 1.807) is 18.5 Å². The molecule has 0 amide bonds. The molecule has 4 heteroatoms. The zero-order chi connectivity index (χ0) is 10.5. The van der Waals surface area contributed by atoms with Crippen molar-refractivity contribution in [3.8, 4) is 23.2 Å². The number of hydrogen-bond acceptors (Lipinski definition) is 4. The number of nitrogens with zero attached hydrogens (tertiary/aromatic N) is 2. The first kappa shape index (κ1) is 9.84. The first-order valence-electron chi connectivity index (χ1n) is 4.36. The summed E-state index contributed by atoms with van der Waals surface area (Å²) in [7, 11) is 0. The summed E-state index contributed by atoms with van der Waals surface area (Å²) in [4.78, 5) is 9.19. The summed E-state index contributed by atoms with van der Waals surface area (Å²) in [6, 6.07) is 3.70. The van der Waals surface area contributed by atoms with Crippen molar-refractivity contribution in [2.75, 3.05) is 6.61 Å². The Balaban J connectivity index is 2.28. The van der Waals surface area contributed by atoms with E-state index in [2.05, 4.69) is 21.8 Å². The number of thiophene rings is 1. The van der Waals surface area contributed by atoms with Gasteiger partial charge in [-0.25, -0.2) is 9.97 Å². The summed E-state index contributed by atoms with van der Waals surface area (Å²) in [6.07, 6.45) is 3.41. The Labute approximate surface area is 91.5 Å². The van der Waals surface area contributed by atoms with Gasteiger partial charge in [0.25, 0.3) is 0 Å². The topological polar surface area (TPSA) is 46.0 Å². The molecule has 0 unspecified atom stereocenters. The molecule has 15 heavy (non-hydrogen) atoms. The van der Waals surface area contributed by atoms with Crippen LogP contribution in [0.5, 0.6) is 0 Å². The second-order valence-corrected chi connectivity index (χ2v) is 3.64. The maximum Gasteiger partial charge on any atom is 0.159 e. The Morgan fingerprint density at radius 2 is 2.13 bits per heavy atom. The maximum absolute atomic E-state index is 8.56. The lowest BCUT2D eigenvalue weighted by molar-refractivity contribution is 0.350. The number of rotatable bonds is 1. The van der Waals surface area contributed by atoms with Crippen molar-refractivity contribution in [1.82, 2.24) is 9.97 Å². The van der Waals surface area contributed by atoms with Crippen molar-refractivity contribution >= 4 is 11.3 Å². The summed E-state index contributed by atoms with van der Waals surface area (Å²) in [6.45, 7) is -0.116. The fraction of sp³-hybridized carbons (Fsp3) is 0.0909. The highest BCUT2D eigenvalue weighted by Crippen LogP contribution is 2.21. The van der Waals surface area contributed by atoms with Crippen LogP contribution in [0.2, 0.25) is 0 Å². The van der Waals surface area contributed by atoms with Gasteiger partial charge in [0.05, 0.1) is 4.88 Å². The lowest BCUT2D eigenvalue weighted by Gasteiger charge is -1.91. The SMILES string of the molecule is OCC#Cc1cc(-c2ncccn2)cs1. The average molecular weight is 216 g/mol. The second-order valence-electron chi connectivity index (χ2n) is 2.73. The number of aliphatic hydroxyl groups is 1. The molecular formula is C11H8N2OS. The second kappa shape index (κ2) is 4.69. The molecule has 0 aliphatic rings. The van der Waals surface area contributed by atoms with Gasteiger partial charge in [0.15, 0.2) is 5.82 Å². The molecule has 1 N–H and O–H groups in total. The molecule has 74 valence electrons. The smallest absolute Gasteiger partial charge is 0.159 e. The van der Waals surface area contributed by atoms with E-state index in [0.717, 1.165) is 10.4 Å². The Bertz CT molecular complexity index is 496. The molecule has 2 rings (SSSR count). The molecule has 3 nitrogen and oxygen atoms in total. The third-order valence-electron chi connectivity index (χ3n) is 1.71. The van der Waals surface area contributed by atoms with Crippen molar-refractivity contribution in [2.45, 2.75) is 0 Å². The maximum atomic E-state index is 8.56. The van der Waals surface area contributed by atoms with Gasteiger partial charge in [-0.1, -0.05) is 11.8 Å². The number of aromatic nitrogens is 2. The highest BCUT2D eigenvalue weighted by Gasteiger charge is 2.02. The summed E-state index contributed by atoms with van der Waals surface area (Å²) in [5, 5.41) is 10.5. The molecule has 2 heterocycles. The molecular weight excluding hydrogens is 208 g/mol. The normalized spacial score (nSPS) is 9.40. The van der Waals surface area contributed by atoms with Gasteiger partial charge in [-0.3, -0.25) is 0 Å². The van der Waals surface area contributed by atoms with Crippen LogP contribution in [-0.2, 0) is 0 Å². The van der Waals surface area contributed by atoms with E-state index < -0.39 is 0 Å². The van der Waals surface area contributed by atoms with Crippen molar-refractivity contribution < 1.29 is 5.11 Å². The van der Waals surface area contributed by atoms with Crippen LogP contribution in [0.1, 0.15) is 4.88 Å². The van der Waals surface area contributed by atoms with Crippen molar-refractivity contribution in [3.05, 3.63) is 34.8 Å². The Hall–Kier alpha value is -1.70. The van der Waals surface area contributed by atoms with E-state index in [4.69, 9.17) is 5.11 Å². The average Bonchev–Trinajstić information content (AvgIpc) is 2.76. The molecule has 0 bridgehead atoms. The molecule has 0 spiro atoms. The summed E-state index contributed by atoms with van der Waals surface area (Å²) < 4.78 is 0. The quantitative estimate of drug-likeness (QED) is 0.736. The van der Waals surface area contributed by atoms with Gasteiger partial charge in [0.2, 0.25) is 0 Å². The van der Waals surface area contributed by atoms with Crippen LogP contribution in [0.4, 0.5) is 0 Å². The highest BCUT2D eigenvalue weighted by molar-refractivity contribution is 7.11. The van der Waals surface area contributed by atoms with E-state index in [-0.39, 0.29) is 6.61 Å². The fourth-order valence-corrected chi connectivity index (χ4v) is 1.85. The molecule has 0 saturated heterocycles. The Morgan fingerprint density at radius 1 is 1.33 bits per heavy atom. The van der Waals surface area contributed by atoms with Gasteiger partial charge in [0.1, 0.15) is 6.61 Å². The summed E-state index contributed by atoms with van der Waals surface area (Å²) in [5.41, 5.74) is 0.961. The highest BCUT2D eigenvalue weighted by atomic mass is 32.1. The molecule has 0 radical (unpaired) electrons. The lowest BCUT2D eigenvalue weighted by atomic mass is 10.3. The van der Waals surface area contributed by atoms with Crippen LogP contribution in [-0.4, -0.2) is 21.7 Å². The van der Waals surface area contributed by atoms with E-state index in [1.165, 1.54) is 11.3 Å². The standard InChI is InChI=1S/C11H8N2OS/c14-6-1-3-10-7-9(8-15-10)11-12-4-2-5-13-11/h2,4-5,7-8,14H,6H2. The van der Waals surface area contributed by atoms with Crippen LogP contribution < -0.4 is 0 Å². The first-order chi connectivity index (χ1) is 7.40. The van der Waals surface area contributed by atoms with Crippen LogP contribution in [0.25, 0.3) is 11.4 Å². The van der Waals surface area contributed by atoms with Gasteiger partial charge < -0.3 is 5.11 Å². The van der Waals surface area contributed by atoms with Gasteiger partial charge >= 0.3 is 0 Å². The molecule has 2 aromatic heterocycles. The third-order valence-corrected chi connectivity index (χ3v) is 2.56. The van der Waals surface area contributed by atoms with Crippen LogP contribution in [0.15, 0.2) is 29.9 Å². The predicted molar refractivity (Wildman–Crippen MR) is 59.3 cm³/mol. The van der Waals surface area contributed by atoms with E-state index in [0.29, 0.717) is 5.82 Å². The molecule has 0 fully saturated rings. The van der Waals surface area contributed by atoms with Crippen molar-refractivity contribution in [3.63, 3.8) is 0 Å². The third kappa shape index (κ3) is 2.40. The van der Waals surface area contributed by atoms with Crippen molar-refractivity contribution in [2.24, 2.45) is 0 Å². The van der Waals surface area contributed by atoms with Gasteiger partial charge in [-0.15, -0.1) is 11.3 Å². The minimum Gasteiger partial charge on any atom is -0.384 e. The Morgan fingerprint density at radius 3 is 2.87 bits per heavy atom. The van der Waals surface area contributed by atoms with Crippen LogP contribution >= 0.6 is 11.3 Å². The van der Waals surface area contributed by atoms with E-state index in [1.807, 2.05) is 11.4 Å². The van der Waals surface area contributed by atoms with Gasteiger partial charge in [0, 0.05) is 23.3 Å². The van der Waals surface area contributed by atoms with E-state index >= 15 is 0 Å². The molecule has 0 aliphatic carbocycles. The Kier molecular flexibility index (Phi) is 3.08. The molecule has 2 aromatic rings. The fourth-order valence-electron chi connectivity index (χ4n) is 1.09. The summed E-state index contributed by atoms with van der Waals surface area (Å²) in [5.74, 6) is 6.15. The largest absolute Gasteiger partial charge is 0.384 e. The zero-order valence-electron chi connectivity index (χ0n) is 7.84. The molecule has 0 saturated carbocycles. The monoisotopic (exact) mass is 216 g/mol. The molecule has 0 atom stereocenters. The lowest BCUT2D eigenvalue weighted by Crippen LogP contribution is -1.83. The van der Waals surface area contributed by atoms with Crippen molar-refractivity contribution in [1.29, 1.82) is 0 Å². The predicted octanol–water partition coefficient (Wildman–Crippen LogP) is 1.55. The van der Waals surface area contributed by atoms with Gasteiger partial charge in [-0.2, -0.15) is 0 Å². The molecule has 0 aliphatic heterocycles. The molecule has 0 aromatic carbocycles. The number of hydrogen-bond donors (Lipinski definition) is 1. The first-order valence-corrected chi connectivity index (χ1v) is 5.24. The van der Waals surface area contributed by atoms with Crippen LogP contribution in [0.3, 0.4) is 0 Å². The van der Waals surface area contributed by atoms with Gasteiger partial charge in [-0.05, 0) is 12.1 Å². The summed E-state index contributed by atoms with van der Waals surface area (Å²) >= 11 is 1.52. The minimum atomic E-state index is -0.116. The van der Waals surface area contributed by atoms with Crippen LogP contribution in [0, 0.1) is 11.8 Å². The van der Waals surface area contributed by atoms with E-state index in [9.17, 15) is 0 Å². The number of aliphatic hydroxyl groups excluding tert-OH is 1. The minimum absolute atomic E-state index is 0.116.